The molecule has 0 spiro atoms. The van der Waals surface area contributed by atoms with E-state index in [0.29, 0.717) is 25.1 Å². The zero-order valence-corrected chi connectivity index (χ0v) is 7.91. The van der Waals surface area contributed by atoms with Gasteiger partial charge in [-0.3, -0.25) is 9.59 Å². The fraction of sp³-hybridized carbons (Fsp3) is 0.444. The smallest absolute Gasteiger partial charge is 0.254 e. The van der Waals surface area contributed by atoms with E-state index >= 15 is 0 Å². The first-order chi connectivity index (χ1) is 6.68. The van der Waals surface area contributed by atoms with Gasteiger partial charge in [0.1, 0.15) is 0 Å². The van der Waals surface area contributed by atoms with Gasteiger partial charge in [0.25, 0.3) is 5.56 Å². The van der Waals surface area contributed by atoms with Crippen molar-refractivity contribution >= 4 is 5.91 Å². The number of rotatable bonds is 0. The van der Waals surface area contributed by atoms with Gasteiger partial charge < -0.3 is 9.88 Å². The maximum atomic E-state index is 11.3. The standard InChI is InChI=1S/C9H11N3O2/c1-6(13)12-3-2-7-8(4-12)10-5-11-9(7)14/h5H,2-4H2,1H3,(H,10,11,14). The summed E-state index contributed by atoms with van der Waals surface area (Å²) < 4.78 is 0. The van der Waals surface area contributed by atoms with E-state index in [-0.39, 0.29) is 11.5 Å². The molecule has 2 heterocycles. The third kappa shape index (κ3) is 1.41. The molecule has 1 aromatic rings. The topological polar surface area (TPSA) is 66.1 Å². The Morgan fingerprint density at radius 3 is 3.14 bits per heavy atom. The van der Waals surface area contributed by atoms with Gasteiger partial charge in [-0.05, 0) is 6.42 Å². The molecule has 1 aliphatic rings. The number of carbonyl (C=O) groups is 1. The van der Waals surface area contributed by atoms with Crippen LogP contribution in [0.4, 0.5) is 0 Å². The van der Waals surface area contributed by atoms with E-state index in [1.807, 2.05) is 0 Å². The van der Waals surface area contributed by atoms with Crippen molar-refractivity contribution in [2.75, 3.05) is 6.54 Å². The Hall–Kier alpha value is -1.65. The molecular formula is C9H11N3O2. The Kier molecular flexibility index (Phi) is 2.07. The molecule has 74 valence electrons. The minimum absolute atomic E-state index is 0.0257. The summed E-state index contributed by atoms with van der Waals surface area (Å²) in [6.07, 6.45) is 1.98. The Labute approximate surface area is 80.8 Å². The molecule has 0 fully saturated rings. The monoisotopic (exact) mass is 193 g/mol. The summed E-state index contributed by atoms with van der Waals surface area (Å²) in [7, 11) is 0. The van der Waals surface area contributed by atoms with E-state index in [9.17, 15) is 9.59 Å². The SMILES string of the molecule is CC(=O)N1CCc2c(nc[nH]c2=O)C1. The molecule has 0 radical (unpaired) electrons. The first kappa shape index (κ1) is 8.93. The number of nitrogens with one attached hydrogen (secondary N) is 1. The molecule has 0 aliphatic carbocycles. The predicted octanol–water partition coefficient (Wildman–Crippen LogP) is -0.325. The average Bonchev–Trinajstić information content (AvgIpc) is 2.17. The molecule has 0 saturated heterocycles. The van der Waals surface area contributed by atoms with Gasteiger partial charge in [-0.2, -0.15) is 0 Å². The predicted molar refractivity (Wildman–Crippen MR) is 49.7 cm³/mol. The average molecular weight is 193 g/mol. The molecule has 5 nitrogen and oxygen atoms in total. The Bertz CT molecular complexity index is 424. The number of aromatic nitrogens is 2. The summed E-state index contributed by atoms with van der Waals surface area (Å²) >= 11 is 0. The Balaban J connectivity index is 2.36. The number of nitrogens with zero attached hydrogens (tertiary/aromatic N) is 2. The molecule has 1 aromatic heterocycles. The summed E-state index contributed by atoms with van der Waals surface area (Å²) in [6.45, 7) is 2.59. The summed E-state index contributed by atoms with van der Waals surface area (Å²) in [5, 5.41) is 0. The second-order valence-corrected chi connectivity index (χ2v) is 3.35. The van der Waals surface area contributed by atoms with Crippen molar-refractivity contribution < 1.29 is 4.79 Å². The van der Waals surface area contributed by atoms with Crippen LogP contribution in [0.25, 0.3) is 0 Å². The second-order valence-electron chi connectivity index (χ2n) is 3.35. The fourth-order valence-corrected chi connectivity index (χ4v) is 1.63. The van der Waals surface area contributed by atoms with Crippen LogP contribution in [0.2, 0.25) is 0 Å². The van der Waals surface area contributed by atoms with E-state index in [4.69, 9.17) is 0 Å². The van der Waals surface area contributed by atoms with Crippen LogP contribution in [-0.2, 0) is 17.8 Å². The van der Waals surface area contributed by atoms with Crippen molar-refractivity contribution in [1.82, 2.24) is 14.9 Å². The van der Waals surface area contributed by atoms with Crippen molar-refractivity contribution in [3.63, 3.8) is 0 Å². The van der Waals surface area contributed by atoms with Crippen LogP contribution >= 0.6 is 0 Å². The number of fused-ring (bicyclic) bond motifs is 1. The van der Waals surface area contributed by atoms with Crippen molar-refractivity contribution in [2.24, 2.45) is 0 Å². The van der Waals surface area contributed by atoms with E-state index in [2.05, 4.69) is 9.97 Å². The minimum atomic E-state index is -0.0850. The van der Waals surface area contributed by atoms with E-state index in [1.54, 1.807) is 4.90 Å². The van der Waals surface area contributed by atoms with Crippen molar-refractivity contribution in [3.05, 3.63) is 27.9 Å². The van der Waals surface area contributed by atoms with Gasteiger partial charge in [0.2, 0.25) is 5.91 Å². The summed E-state index contributed by atoms with van der Waals surface area (Å²) in [5.41, 5.74) is 1.35. The van der Waals surface area contributed by atoms with Gasteiger partial charge in [0.05, 0.1) is 18.6 Å². The number of aromatic amines is 1. The van der Waals surface area contributed by atoms with E-state index in [0.717, 1.165) is 5.69 Å². The maximum absolute atomic E-state index is 11.3. The number of H-pyrrole nitrogens is 1. The lowest BCUT2D eigenvalue weighted by molar-refractivity contribution is -0.129. The van der Waals surface area contributed by atoms with Crippen LogP contribution in [0.3, 0.4) is 0 Å². The van der Waals surface area contributed by atoms with Gasteiger partial charge in [-0.1, -0.05) is 0 Å². The lowest BCUT2D eigenvalue weighted by Crippen LogP contribution is -2.37. The molecule has 0 aromatic carbocycles. The first-order valence-corrected chi connectivity index (χ1v) is 4.49. The molecular weight excluding hydrogens is 182 g/mol. The quantitative estimate of drug-likeness (QED) is 0.613. The maximum Gasteiger partial charge on any atom is 0.254 e. The fourth-order valence-electron chi connectivity index (χ4n) is 1.63. The molecule has 14 heavy (non-hydrogen) atoms. The molecule has 0 bridgehead atoms. The van der Waals surface area contributed by atoms with Crippen molar-refractivity contribution in [3.8, 4) is 0 Å². The van der Waals surface area contributed by atoms with Crippen LogP contribution in [-0.4, -0.2) is 27.3 Å². The summed E-state index contributed by atoms with van der Waals surface area (Å²) in [6, 6.07) is 0. The zero-order valence-electron chi connectivity index (χ0n) is 7.91. The third-order valence-corrected chi connectivity index (χ3v) is 2.46. The number of hydrogen-bond acceptors (Lipinski definition) is 3. The normalized spacial score (nSPS) is 15.1. The number of amides is 1. The van der Waals surface area contributed by atoms with Gasteiger partial charge in [0.15, 0.2) is 0 Å². The zero-order chi connectivity index (χ0) is 10.1. The highest BCUT2D eigenvalue weighted by molar-refractivity contribution is 5.73. The van der Waals surface area contributed by atoms with Gasteiger partial charge in [0, 0.05) is 19.0 Å². The first-order valence-electron chi connectivity index (χ1n) is 4.49. The minimum Gasteiger partial charge on any atom is -0.337 e. The highest BCUT2D eigenvalue weighted by atomic mass is 16.2. The molecule has 1 N–H and O–H groups in total. The number of hydrogen-bond donors (Lipinski definition) is 1. The second kappa shape index (κ2) is 3.25. The molecule has 1 aliphatic heterocycles. The third-order valence-electron chi connectivity index (χ3n) is 2.46. The lowest BCUT2D eigenvalue weighted by Gasteiger charge is -2.25. The van der Waals surface area contributed by atoms with Gasteiger partial charge >= 0.3 is 0 Å². The highest BCUT2D eigenvalue weighted by Crippen LogP contribution is 2.12. The van der Waals surface area contributed by atoms with Gasteiger partial charge in [-0.25, -0.2) is 4.98 Å². The lowest BCUT2D eigenvalue weighted by atomic mass is 10.1. The van der Waals surface area contributed by atoms with Crippen molar-refractivity contribution in [1.29, 1.82) is 0 Å². The van der Waals surface area contributed by atoms with Crippen LogP contribution in [0.5, 0.6) is 0 Å². The Morgan fingerprint density at radius 1 is 1.64 bits per heavy atom. The molecule has 0 saturated carbocycles. The van der Waals surface area contributed by atoms with Crippen LogP contribution in [0.1, 0.15) is 18.2 Å². The van der Waals surface area contributed by atoms with E-state index < -0.39 is 0 Å². The largest absolute Gasteiger partial charge is 0.337 e. The Morgan fingerprint density at radius 2 is 2.43 bits per heavy atom. The van der Waals surface area contributed by atoms with Crippen molar-refractivity contribution in [2.45, 2.75) is 19.9 Å². The molecule has 1 amide bonds. The van der Waals surface area contributed by atoms with Gasteiger partial charge in [-0.15, -0.1) is 0 Å². The van der Waals surface area contributed by atoms with Crippen LogP contribution in [0.15, 0.2) is 11.1 Å². The summed E-state index contributed by atoms with van der Waals surface area (Å²) in [5.74, 6) is 0.0257. The summed E-state index contributed by atoms with van der Waals surface area (Å²) in [4.78, 5) is 30.7. The molecule has 2 rings (SSSR count). The van der Waals surface area contributed by atoms with Crippen LogP contribution in [0, 0.1) is 0 Å². The number of carbonyl (C=O) groups excluding carboxylic acids is 1. The molecule has 0 unspecified atom stereocenters. The highest BCUT2D eigenvalue weighted by Gasteiger charge is 2.20. The van der Waals surface area contributed by atoms with E-state index in [1.165, 1.54) is 13.3 Å². The molecule has 0 atom stereocenters. The van der Waals surface area contributed by atoms with Crippen LogP contribution < -0.4 is 5.56 Å². The molecule has 5 heteroatoms.